The highest BCUT2D eigenvalue weighted by molar-refractivity contribution is 6.18. The van der Waals surface area contributed by atoms with Gasteiger partial charge in [0.1, 0.15) is 0 Å². The van der Waals surface area contributed by atoms with Crippen LogP contribution in [-0.4, -0.2) is 11.6 Å². The lowest BCUT2D eigenvalue weighted by Gasteiger charge is -2.35. The van der Waals surface area contributed by atoms with Crippen molar-refractivity contribution >= 4 is 33.1 Å². The fraction of sp³-hybridized carbons (Fsp3) is 0.476. The first kappa shape index (κ1) is 30.8. The molecule has 0 saturated heterocycles. The van der Waals surface area contributed by atoms with E-state index in [4.69, 9.17) is 0 Å². The Bertz CT molecular complexity index is 1720. The standard InChI is InChI=1S/C42H50O2/c1-39(2,3)27-13-23-15-29(41(7,8)9)21-33-35(23)25(17-27)19-31(37(33)43)32-20-26-18-28(40(4,5)6)14-24-16-30(42(10,11)12)22-34(36(24)26)38(32)44/h13-18,21-22,31-32H,19-20H2,1-12H3. The maximum atomic E-state index is 14.7. The van der Waals surface area contributed by atoms with E-state index in [0.29, 0.717) is 12.8 Å². The molecule has 4 aromatic rings. The van der Waals surface area contributed by atoms with Crippen molar-refractivity contribution in [1.82, 2.24) is 0 Å². The van der Waals surface area contributed by atoms with E-state index in [1.54, 1.807) is 0 Å². The van der Waals surface area contributed by atoms with Crippen LogP contribution in [0.15, 0.2) is 48.5 Å². The molecule has 0 aromatic heterocycles. The van der Waals surface area contributed by atoms with Gasteiger partial charge in [-0.05, 0) is 102 Å². The van der Waals surface area contributed by atoms with Crippen molar-refractivity contribution in [3.8, 4) is 0 Å². The fourth-order valence-corrected chi connectivity index (χ4v) is 7.36. The zero-order valence-corrected chi connectivity index (χ0v) is 29.0. The summed E-state index contributed by atoms with van der Waals surface area (Å²) in [5.41, 5.74) is 8.66. The second-order valence-corrected chi connectivity index (χ2v) is 17.9. The number of carbonyl (C=O) groups is 2. The van der Waals surface area contributed by atoms with Gasteiger partial charge in [-0.2, -0.15) is 0 Å². The van der Waals surface area contributed by atoms with Crippen LogP contribution in [0.4, 0.5) is 0 Å². The second-order valence-electron chi connectivity index (χ2n) is 17.9. The quantitative estimate of drug-likeness (QED) is 0.222. The van der Waals surface area contributed by atoms with Crippen LogP contribution in [0.5, 0.6) is 0 Å². The molecule has 2 nitrogen and oxygen atoms in total. The number of benzene rings is 4. The lowest BCUT2D eigenvalue weighted by atomic mass is 9.66. The summed E-state index contributed by atoms with van der Waals surface area (Å²) in [5.74, 6) is -0.505. The van der Waals surface area contributed by atoms with E-state index in [1.165, 1.54) is 33.4 Å². The number of hydrogen-bond acceptors (Lipinski definition) is 2. The molecule has 0 radical (unpaired) electrons. The number of rotatable bonds is 1. The average Bonchev–Trinajstić information content (AvgIpc) is 2.89. The second kappa shape index (κ2) is 9.62. The third kappa shape index (κ3) is 5.03. The minimum atomic E-state index is -0.386. The molecular weight excluding hydrogens is 536 g/mol. The average molecular weight is 587 g/mol. The normalized spacial score (nSPS) is 19.3. The van der Waals surface area contributed by atoms with E-state index >= 15 is 0 Å². The van der Waals surface area contributed by atoms with Crippen molar-refractivity contribution in [2.24, 2.45) is 11.8 Å². The first-order chi connectivity index (χ1) is 20.1. The van der Waals surface area contributed by atoms with Gasteiger partial charge in [0.25, 0.3) is 0 Å². The number of Topliss-reactive ketones (excluding diaryl/α,β-unsaturated/α-hetero) is 2. The van der Waals surface area contributed by atoms with E-state index in [1.807, 2.05) is 0 Å². The van der Waals surface area contributed by atoms with Crippen molar-refractivity contribution in [2.45, 2.75) is 118 Å². The molecule has 2 aliphatic carbocycles. The monoisotopic (exact) mass is 586 g/mol. The predicted octanol–water partition coefficient (Wildman–Crippen LogP) is 10.6. The zero-order valence-electron chi connectivity index (χ0n) is 29.0. The highest BCUT2D eigenvalue weighted by atomic mass is 16.1. The Morgan fingerprint density at radius 1 is 0.432 bits per heavy atom. The van der Waals surface area contributed by atoms with E-state index in [9.17, 15) is 9.59 Å². The Morgan fingerprint density at radius 2 is 0.705 bits per heavy atom. The van der Waals surface area contributed by atoms with Gasteiger partial charge in [0.05, 0.1) is 0 Å². The van der Waals surface area contributed by atoms with Crippen LogP contribution >= 0.6 is 0 Å². The molecule has 44 heavy (non-hydrogen) atoms. The molecule has 230 valence electrons. The van der Waals surface area contributed by atoms with Gasteiger partial charge in [-0.3, -0.25) is 9.59 Å². The summed E-state index contributed by atoms with van der Waals surface area (Å²) >= 11 is 0. The van der Waals surface area contributed by atoms with E-state index < -0.39 is 0 Å². The van der Waals surface area contributed by atoms with Crippen LogP contribution in [-0.2, 0) is 34.5 Å². The summed E-state index contributed by atoms with van der Waals surface area (Å²) < 4.78 is 0. The van der Waals surface area contributed by atoms with Crippen molar-refractivity contribution in [1.29, 1.82) is 0 Å². The summed E-state index contributed by atoms with van der Waals surface area (Å²) in [6.07, 6.45) is 1.21. The van der Waals surface area contributed by atoms with Crippen LogP contribution in [0.25, 0.3) is 21.5 Å². The molecule has 2 atom stereocenters. The van der Waals surface area contributed by atoms with Crippen molar-refractivity contribution in [3.63, 3.8) is 0 Å². The molecule has 0 saturated carbocycles. The molecule has 4 aromatic carbocycles. The Hall–Kier alpha value is -3.26. The molecule has 0 amide bonds. The summed E-state index contributed by atoms with van der Waals surface area (Å²) in [5, 5.41) is 4.47. The van der Waals surface area contributed by atoms with Gasteiger partial charge in [0.15, 0.2) is 11.6 Å². The van der Waals surface area contributed by atoms with Crippen LogP contribution in [0.2, 0.25) is 0 Å². The molecule has 2 unspecified atom stereocenters. The highest BCUT2D eigenvalue weighted by Crippen LogP contribution is 2.45. The van der Waals surface area contributed by atoms with Gasteiger partial charge in [-0.15, -0.1) is 0 Å². The van der Waals surface area contributed by atoms with Crippen molar-refractivity contribution < 1.29 is 9.59 Å². The molecule has 2 aliphatic rings. The van der Waals surface area contributed by atoms with Crippen molar-refractivity contribution in [3.05, 3.63) is 93.0 Å². The zero-order chi connectivity index (χ0) is 32.3. The van der Waals surface area contributed by atoms with Crippen molar-refractivity contribution in [2.75, 3.05) is 0 Å². The van der Waals surface area contributed by atoms with E-state index in [-0.39, 0.29) is 45.1 Å². The SMILES string of the molecule is CC(C)(C)c1cc2c3c(cc(C(C)(C)C)cc3c1)C(=O)C(C1Cc3cc(C(C)(C)C)cc4cc(C(C)(C)C)cc(c34)C1=O)C2. The third-order valence-electron chi connectivity index (χ3n) is 10.3. The smallest absolute Gasteiger partial charge is 0.167 e. The van der Waals surface area contributed by atoms with Crippen LogP contribution < -0.4 is 0 Å². The third-order valence-corrected chi connectivity index (χ3v) is 10.3. The molecule has 0 bridgehead atoms. The summed E-state index contributed by atoms with van der Waals surface area (Å²) in [6.45, 7) is 26.8. The molecule has 0 heterocycles. The summed E-state index contributed by atoms with van der Waals surface area (Å²) in [6, 6.07) is 18.1. The van der Waals surface area contributed by atoms with Crippen LogP contribution in [0, 0.1) is 11.8 Å². The van der Waals surface area contributed by atoms with Gasteiger partial charge >= 0.3 is 0 Å². The first-order valence-corrected chi connectivity index (χ1v) is 16.5. The van der Waals surface area contributed by atoms with Gasteiger partial charge < -0.3 is 0 Å². The molecule has 6 rings (SSSR count). The Labute approximate surface area is 264 Å². The molecule has 0 N–H and O–H groups in total. The van der Waals surface area contributed by atoms with E-state index in [2.05, 4.69) is 132 Å². The summed E-state index contributed by atoms with van der Waals surface area (Å²) in [7, 11) is 0. The maximum Gasteiger partial charge on any atom is 0.167 e. The lowest BCUT2D eigenvalue weighted by Crippen LogP contribution is -2.38. The number of carbonyl (C=O) groups excluding carboxylic acids is 2. The highest BCUT2D eigenvalue weighted by Gasteiger charge is 2.42. The minimum absolute atomic E-state index is 0.0263. The number of hydrogen-bond donors (Lipinski definition) is 0. The first-order valence-electron chi connectivity index (χ1n) is 16.5. The molecular formula is C42H50O2. The Kier molecular flexibility index (Phi) is 6.72. The molecule has 0 aliphatic heterocycles. The maximum absolute atomic E-state index is 14.7. The molecule has 2 heteroatoms. The molecule has 0 spiro atoms. The van der Waals surface area contributed by atoms with Crippen LogP contribution in [0.1, 0.15) is 137 Å². The Balaban J connectivity index is 1.56. The topological polar surface area (TPSA) is 34.1 Å². The van der Waals surface area contributed by atoms with Gasteiger partial charge in [-0.1, -0.05) is 119 Å². The van der Waals surface area contributed by atoms with Gasteiger partial charge in [0.2, 0.25) is 0 Å². The Morgan fingerprint density at radius 3 is 0.977 bits per heavy atom. The predicted molar refractivity (Wildman–Crippen MR) is 186 cm³/mol. The van der Waals surface area contributed by atoms with Gasteiger partial charge in [-0.25, -0.2) is 0 Å². The lowest BCUT2D eigenvalue weighted by molar-refractivity contribution is 0.0758. The van der Waals surface area contributed by atoms with Gasteiger partial charge in [0, 0.05) is 23.0 Å². The fourth-order valence-electron chi connectivity index (χ4n) is 7.36. The largest absolute Gasteiger partial charge is 0.294 e. The van der Waals surface area contributed by atoms with E-state index in [0.717, 1.165) is 32.7 Å². The van der Waals surface area contributed by atoms with Crippen LogP contribution in [0.3, 0.4) is 0 Å². The number of ketones is 2. The minimum Gasteiger partial charge on any atom is -0.294 e. The molecule has 0 fully saturated rings. The summed E-state index contributed by atoms with van der Waals surface area (Å²) in [4.78, 5) is 29.3.